The van der Waals surface area contributed by atoms with Gasteiger partial charge in [-0.05, 0) is 6.92 Å². The summed E-state index contributed by atoms with van der Waals surface area (Å²) in [7, 11) is 3.56. The Hall–Kier alpha value is -1.62. The van der Waals surface area contributed by atoms with Crippen LogP contribution in [0.1, 0.15) is 21.7 Å². The van der Waals surface area contributed by atoms with Crippen molar-refractivity contribution < 1.29 is 4.79 Å². The average molecular weight is 253 g/mol. The van der Waals surface area contributed by atoms with E-state index in [1.54, 1.807) is 35.9 Å². The maximum absolute atomic E-state index is 12.0. The zero-order valence-electron chi connectivity index (χ0n) is 9.94. The fourth-order valence-corrected chi connectivity index (χ4v) is 1.92. The van der Waals surface area contributed by atoms with Gasteiger partial charge in [0, 0.05) is 20.3 Å². The molecule has 0 amide bonds. The molecule has 0 saturated carbocycles. The van der Waals surface area contributed by atoms with Gasteiger partial charge in [-0.2, -0.15) is 10.2 Å². The molecule has 0 fully saturated rings. The van der Waals surface area contributed by atoms with E-state index in [1.165, 1.54) is 0 Å². The summed E-state index contributed by atoms with van der Waals surface area (Å²) in [5, 5.41) is 8.70. The van der Waals surface area contributed by atoms with Crippen LogP contribution >= 0.6 is 11.6 Å². The SMILES string of the molecule is Cc1nn(C)c(CC(=O)c2cnn(C)c2)c1Cl. The zero-order valence-corrected chi connectivity index (χ0v) is 10.7. The lowest BCUT2D eigenvalue weighted by Gasteiger charge is -2.00. The number of aromatic nitrogens is 4. The van der Waals surface area contributed by atoms with Crippen LogP contribution in [-0.4, -0.2) is 25.3 Å². The molecule has 0 aliphatic carbocycles. The van der Waals surface area contributed by atoms with Crippen molar-refractivity contribution in [1.29, 1.82) is 0 Å². The first-order chi connectivity index (χ1) is 7.99. The molecule has 6 heteroatoms. The van der Waals surface area contributed by atoms with Crippen LogP contribution in [0.2, 0.25) is 5.02 Å². The molecule has 2 aromatic heterocycles. The van der Waals surface area contributed by atoms with Crippen LogP contribution in [0, 0.1) is 6.92 Å². The molecule has 0 aromatic carbocycles. The van der Waals surface area contributed by atoms with E-state index in [4.69, 9.17) is 11.6 Å². The number of Topliss-reactive ketones (excluding diaryl/α,β-unsaturated/α-hetero) is 1. The Bertz CT molecular complexity index is 570. The summed E-state index contributed by atoms with van der Waals surface area (Å²) in [6.45, 7) is 1.82. The molecule has 2 aromatic rings. The van der Waals surface area contributed by atoms with Crippen LogP contribution in [0.4, 0.5) is 0 Å². The number of carbonyl (C=O) groups is 1. The van der Waals surface area contributed by atoms with E-state index in [9.17, 15) is 4.79 Å². The van der Waals surface area contributed by atoms with Gasteiger partial charge in [-0.25, -0.2) is 0 Å². The third-order valence-electron chi connectivity index (χ3n) is 2.62. The van der Waals surface area contributed by atoms with Crippen molar-refractivity contribution in [1.82, 2.24) is 19.6 Å². The number of hydrogen-bond acceptors (Lipinski definition) is 3. The fraction of sp³-hybridized carbons (Fsp3) is 0.364. The van der Waals surface area contributed by atoms with Crippen molar-refractivity contribution in [2.24, 2.45) is 14.1 Å². The van der Waals surface area contributed by atoms with Gasteiger partial charge >= 0.3 is 0 Å². The molecule has 2 rings (SSSR count). The van der Waals surface area contributed by atoms with Crippen molar-refractivity contribution in [3.05, 3.63) is 34.4 Å². The second-order valence-electron chi connectivity index (χ2n) is 3.97. The highest BCUT2D eigenvalue weighted by atomic mass is 35.5. The van der Waals surface area contributed by atoms with Crippen LogP contribution < -0.4 is 0 Å². The Kier molecular flexibility index (Phi) is 3.02. The normalized spacial score (nSPS) is 10.8. The minimum Gasteiger partial charge on any atom is -0.294 e. The molecule has 5 nitrogen and oxygen atoms in total. The van der Waals surface area contributed by atoms with E-state index in [0.717, 1.165) is 11.4 Å². The lowest BCUT2D eigenvalue weighted by molar-refractivity contribution is 0.0990. The summed E-state index contributed by atoms with van der Waals surface area (Å²) in [6.07, 6.45) is 3.49. The first-order valence-electron chi connectivity index (χ1n) is 5.19. The molecule has 2 heterocycles. The molecular weight excluding hydrogens is 240 g/mol. The average Bonchev–Trinajstić information content (AvgIpc) is 2.79. The van der Waals surface area contributed by atoms with E-state index in [2.05, 4.69) is 10.2 Å². The van der Waals surface area contributed by atoms with E-state index in [-0.39, 0.29) is 12.2 Å². The van der Waals surface area contributed by atoms with Crippen LogP contribution in [0.5, 0.6) is 0 Å². The predicted molar refractivity (Wildman–Crippen MR) is 64.2 cm³/mol. The lowest BCUT2D eigenvalue weighted by atomic mass is 10.1. The Labute approximate surface area is 104 Å². The molecule has 0 aliphatic heterocycles. The van der Waals surface area contributed by atoms with Gasteiger partial charge in [0.25, 0.3) is 0 Å². The standard InChI is InChI=1S/C11H13ClN4O/c1-7-11(12)9(16(3)14-7)4-10(17)8-5-13-15(2)6-8/h5-6H,4H2,1-3H3. The first-order valence-corrected chi connectivity index (χ1v) is 5.56. The number of rotatable bonds is 3. The highest BCUT2D eigenvalue weighted by Crippen LogP contribution is 2.20. The molecular formula is C11H13ClN4O. The second-order valence-corrected chi connectivity index (χ2v) is 4.35. The van der Waals surface area contributed by atoms with Gasteiger partial charge < -0.3 is 0 Å². The third kappa shape index (κ3) is 2.24. The topological polar surface area (TPSA) is 52.7 Å². The number of halogens is 1. The van der Waals surface area contributed by atoms with Gasteiger partial charge in [-0.3, -0.25) is 14.2 Å². The molecule has 0 unspecified atom stereocenters. The Morgan fingerprint density at radius 3 is 2.65 bits per heavy atom. The number of nitrogens with zero attached hydrogens (tertiary/aromatic N) is 4. The van der Waals surface area contributed by atoms with Crippen LogP contribution in [0.25, 0.3) is 0 Å². The predicted octanol–water partition coefficient (Wildman–Crippen LogP) is 1.54. The molecule has 0 N–H and O–H groups in total. The zero-order chi connectivity index (χ0) is 12.6. The molecule has 0 saturated heterocycles. The summed E-state index contributed by atoms with van der Waals surface area (Å²) in [6, 6.07) is 0. The number of carbonyl (C=O) groups excluding carboxylic acids is 1. The first kappa shape index (κ1) is 11.9. The van der Waals surface area contributed by atoms with Crippen LogP contribution in [0.15, 0.2) is 12.4 Å². The van der Waals surface area contributed by atoms with Crippen LogP contribution in [-0.2, 0) is 20.5 Å². The van der Waals surface area contributed by atoms with Crippen molar-refractivity contribution in [2.45, 2.75) is 13.3 Å². The Balaban J connectivity index is 2.24. The van der Waals surface area contributed by atoms with Gasteiger partial charge in [0.1, 0.15) is 0 Å². The number of hydrogen-bond donors (Lipinski definition) is 0. The Morgan fingerprint density at radius 2 is 2.18 bits per heavy atom. The monoisotopic (exact) mass is 252 g/mol. The fourth-order valence-electron chi connectivity index (χ4n) is 1.69. The molecule has 0 radical (unpaired) electrons. The van der Waals surface area contributed by atoms with Crippen molar-refractivity contribution in [2.75, 3.05) is 0 Å². The summed E-state index contributed by atoms with van der Waals surface area (Å²) in [5.41, 5.74) is 2.06. The smallest absolute Gasteiger partial charge is 0.172 e. The van der Waals surface area contributed by atoms with Gasteiger partial charge in [-0.15, -0.1) is 0 Å². The van der Waals surface area contributed by atoms with Crippen molar-refractivity contribution >= 4 is 17.4 Å². The quantitative estimate of drug-likeness (QED) is 0.779. The van der Waals surface area contributed by atoms with Gasteiger partial charge in [0.2, 0.25) is 0 Å². The molecule has 90 valence electrons. The lowest BCUT2D eigenvalue weighted by Crippen LogP contribution is -2.07. The van der Waals surface area contributed by atoms with Crippen molar-refractivity contribution in [3.8, 4) is 0 Å². The largest absolute Gasteiger partial charge is 0.294 e. The summed E-state index contributed by atoms with van der Waals surface area (Å²) in [5.74, 6) is -0.0111. The second kappa shape index (κ2) is 4.33. The van der Waals surface area contributed by atoms with Gasteiger partial charge in [0.05, 0.1) is 34.6 Å². The highest BCUT2D eigenvalue weighted by molar-refractivity contribution is 6.32. The molecule has 17 heavy (non-hydrogen) atoms. The van der Waals surface area contributed by atoms with E-state index < -0.39 is 0 Å². The van der Waals surface area contributed by atoms with Crippen molar-refractivity contribution in [3.63, 3.8) is 0 Å². The van der Waals surface area contributed by atoms with E-state index in [1.807, 2.05) is 6.92 Å². The minimum absolute atomic E-state index is 0.0111. The summed E-state index contributed by atoms with van der Waals surface area (Å²) < 4.78 is 3.25. The maximum atomic E-state index is 12.0. The molecule has 0 spiro atoms. The number of aryl methyl sites for hydroxylation is 3. The Morgan fingerprint density at radius 1 is 1.47 bits per heavy atom. The molecule has 0 atom stereocenters. The molecule has 0 bridgehead atoms. The number of ketones is 1. The summed E-state index contributed by atoms with van der Waals surface area (Å²) in [4.78, 5) is 12.0. The maximum Gasteiger partial charge on any atom is 0.172 e. The third-order valence-corrected chi connectivity index (χ3v) is 3.11. The van der Waals surface area contributed by atoms with E-state index >= 15 is 0 Å². The van der Waals surface area contributed by atoms with Gasteiger partial charge in [0.15, 0.2) is 5.78 Å². The van der Waals surface area contributed by atoms with Gasteiger partial charge in [-0.1, -0.05) is 11.6 Å². The highest BCUT2D eigenvalue weighted by Gasteiger charge is 2.16. The van der Waals surface area contributed by atoms with E-state index in [0.29, 0.717) is 10.6 Å². The van der Waals surface area contributed by atoms with Crippen LogP contribution in [0.3, 0.4) is 0 Å². The minimum atomic E-state index is -0.0111. The molecule has 0 aliphatic rings. The summed E-state index contributed by atoms with van der Waals surface area (Å²) >= 11 is 6.09.